The van der Waals surface area contributed by atoms with E-state index in [1.165, 1.54) is 11.3 Å². The summed E-state index contributed by atoms with van der Waals surface area (Å²) in [6, 6.07) is 2.09. The minimum absolute atomic E-state index is 0.247. The van der Waals surface area contributed by atoms with Crippen molar-refractivity contribution in [2.24, 2.45) is 5.73 Å². The fraction of sp³-hybridized carbons (Fsp3) is 0.600. The van der Waals surface area contributed by atoms with E-state index >= 15 is 0 Å². The number of ether oxygens (including phenoxy) is 1. The number of rotatable bonds is 6. The van der Waals surface area contributed by atoms with E-state index in [0.717, 1.165) is 30.6 Å². The van der Waals surface area contributed by atoms with Crippen LogP contribution in [-0.4, -0.2) is 28.7 Å². The van der Waals surface area contributed by atoms with Gasteiger partial charge in [-0.25, -0.2) is 4.98 Å². The molecule has 0 radical (unpaired) electrons. The van der Waals surface area contributed by atoms with Crippen LogP contribution in [0.2, 0.25) is 0 Å². The van der Waals surface area contributed by atoms with Gasteiger partial charge < -0.3 is 15.8 Å². The largest absolute Gasteiger partial charge is 0.389 e. The maximum Gasteiger partial charge on any atom is 0.136 e. The Balaban J connectivity index is 2.20. The van der Waals surface area contributed by atoms with Gasteiger partial charge in [0.1, 0.15) is 10.8 Å². The van der Waals surface area contributed by atoms with Crippen LogP contribution in [0.3, 0.4) is 0 Å². The Morgan fingerprint density at radius 1 is 1.50 bits per heavy atom. The third-order valence-corrected chi connectivity index (χ3v) is 3.75. The van der Waals surface area contributed by atoms with E-state index in [4.69, 9.17) is 27.7 Å². The second kappa shape index (κ2) is 6.06. The molecule has 1 aromatic rings. The van der Waals surface area contributed by atoms with Gasteiger partial charge in [-0.2, -0.15) is 0 Å². The number of thiocarbonyl (C=S) groups is 1. The van der Waals surface area contributed by atoms with E-state index in [1.54, 1.807) is 0 Å². The quantitative estimate of drug-likeness (QED) is 0.789. The normalized spacial score (nSPS) is 14.2. The number of nitrogens with two attached hydrogens (primary N) is 1. The second-order valence-electron chi connectivity index (χ2n) is 5.75. The highest BCUT2D eigenvalue weighted by molar-refractivity contribution is 7.80. The lowest BCUT2D eigenvalue weighted by Crippen LogP contribution is -2.34. The molecule has 0 atom stereocenters. The molecule has 3 N–H and O–H groups in total. The Kier molecular flexibility index (Phi) is 4.60. The Morgan fingerprint density at radius 2 is 2.25 bits per heavy atom. The highest BCUT2D eigenvalue weighted by Crippen LogP contribution is 2.25. The van der Waals surface area contributed by atoms with Gasteiger partial charge in [-0.05, 0) is 51.7 Å². The zero-order valence-corrected chi connectivity index (χ0v) is 13.3. The predicted molar refractivity (Wildman–Crippen MR) is 86.3 cm³/mol. The number of hydrogen-bond donors (Lipinski definition) is 2. The number of aromatic nitrogens is 1. The number of pyridine rings is 1. The summed E-state index contributed by atoms with van der Waals surface area (Å²) in [5, 5.41) is 3.35. The van der Waals surface area contributed by atoms with Crippen LogP contribution < -0.4 is 11.1 Å². The summed E-state index contributed by atoms with van der Waals surface area (Å²) in [6.07, 6.45) is 3.27. The number of anilines is 1. The van der Waals surface area contributed by atoms with Crippen molar-refractivity contribution in [2.75, 3.05) is 18.5 Å². The Labute approximate surface area is 126 Å². The molecule has 4 nitrogen and oxygen atoms in total. The minimum atomic E-state index is -0.247. The number of hydrogen-bond acceptors (Lipinski definition) is 4. The first-order valence-electron chi connectivity index (χ1n) is 7.13. The summed E-state index contributed by atoms with van der Waals surface area (Å²) in [7, 11) is 0. The smallest absolute Gasteiger partial charge is 0.136 e. The lowest BCUT2D eigenvalue weighted by atomic mass is 10.1. The molecule has 1 aliphatic carbocycles. The molecule has 0 spiro atoms. The monoisotopic (exact) mass is 293 g/mol. The third-order valence-electron chi connectivity index (χ3n) is 3.53. The Hall–Kier alpha value is -1.20. The van der Waals surface area contributed by atoms with Crippen LogP contribution in [0, 0.1) is 0 Å². The fourth-order valence-corrected chi connectivity index (χ4v) is 2.69. The van der Waals surface area contributed by atoms with E-state index in [9.17, 15) is 0 Å². The van der Waals surface area contributed by atoms with Crippen molar-refractivity contribution in [1.82, 2.24) is 4.98 Å². The minimum Gasteiger partial charge on any atom is -0.389 e. The molecular weight excluding hydrogens is 270 g/mol. The Bertz CT molecular complexity index is 514. The lowest BCUT2D eigenvalue weighted by molar-refractivity contribution is 0.000639. The van der Waals surface area contributed by atoms with Crippen LogP contribution in [0.5, 0.6) is 0 Å². The van der Waals surface area contributed by atoms with Gasteiger partial charge >= 0.3 is 0 Å². The first-order valence-corrected chi connectivity index (χ1v) is 7.54. The van der Waals surface area contributed by atoms with Crippen LogP contribution in [0.4, 0.5) is 5.82 Å². The molecular formula is C15H23N3OS. The van der Waals surface area contributed by atoms with Crippen molar-refractivity contribution in [3.05, 3.63) is 22.9 Å². The number of nitrogens with zero attached hydrogens (tertiary/aromatic N) is 1. The first-order chi connectivity index (χ1) is 9.43. The SMILES string of the molecule is CCOC(C)(C)CNc1nc2c(cc1C(N)=S)CCC2. The highest BCUT2D eigenvalue weighted by Gasteiger charge is 2.21. The van der Waals surface area contributed by atoms with Crippen LogP contribution >= 0.6 is 12.2 Å². The molecule has 0 saturated carbocycles. The Morgan fingerprint density at radius 3 is 2.90 bits per heavy atom. The summed E-state index contributed by atoms with van der Waals surface area (Å²) < 4.78 is 5.69. The van der Waals surface area contributed by atoms with Crippen molar-refractivity contribution in [3.8, 4) is 0 Å². The molecule has 0 fully saturated rings. The molecule has 0 saturated heterocycles. The zero-order chi connectivity index (χ0) is 14.8. The van der Waals surface area contributed by atoms with E-state index in [0.29, 0.717) is 18.1 Å². The second-order valence-corrected chi connectivity index (χ2v) is 6.19. The number of fused-ring (bicyclic) bond motifs is 1. The summed E-state index contributed by atoms with van der Waals surface area (Å²) in [5.74, 6) is 0.783. The summed E-state index contributed by atoms with van der Waals surface area (Å²) in [4.78, 5) is 5.10. The van der Waals surface area contributed by atoms with Crippen LogP contribution in [-0.2, 0) is 17.6 Å². The van der Waals surface area contributed by atoms with Crippen LogP contribution in [0.15, 0.2) is 6.07 Å². The van der Waals surface area contributed by atoms with E-state index in [1.807, 2.05) is 6.92 Å². The number of aryl methyl sites for hydroxylation is 2. The standard InChI is InChI=1S/C15H23N3OS/c1-4-19-15(2,3)9-17-14-11(13(16)20)8-10-6-5-7-12(10)18-14/h8H,4-7,9H2,1-3H3,(H2,16,20)(H,17,18). The van der Waals surface area contributed by atoms with Crippen LogP contribution in [0.1, 0.15) is 44.0 Å². The van der Waals surface area contributed by atoms with Gasteiger partial charge in [-0.1, -0.05) is 12.2 Å². The van der Waals surface area contributed by atoms with E-state index in [2.05, 4.69) is 25.2 Å². The third kappa shape index (κ3) is 3.46. The van der Waals surface area contributed by atoms with Crippen molar-refractivity contribution < 1.29 is 4.74 Å². The average Bonchev–Trinajstić information content (AvgIpc) is 2.82. The van der Waals surface area contributed by atoms with Gasteiger partial charge in [0.15, 0.2) is 0 Å². The molecule has 5 heteroatoms. The summed E-state index contributed by atoms with van der Waals surface area (Å²) >= 11 is 5.15. The fourth-order valence-electron chi connectivity index (χ4n) is 2.53. The van der Waals surface area contributed by atoms with E-state index < -0.39 is 0 Å². The topological polar surface area (TPSA) is 60.2 Å². The van der Waals surface area contributed by atoms with Crippen molar-refractivity contribution in [2.45, 2.75) is 45.6 Å². The van der Waals surface area contributed by atoms with Gasteiger partial charge in [-0.15, -0.1) is 0 Å². The van der Waals surface area contributed by atoms with Gasteiger partial charge in [0, 0.05) is 18.8 Å². The van der Waals surface area contributed by atoms with Crippen molar-refractivity contribution >= 4 is 23.0 Å². The molecule has 0 bridgehead atoms. The molecule has 0 unspecified atom stereocenters. The van der Waals surface area contributed by atoms with Gasteiger partial charge in [0.2, 0.25) is 0 Å². The molecule has 0 aromatic carbocycles. The van der Waals surface area contributed by atoms with Crippen LogP contribution in [0.25, 0.3) is 0 Å². The van der Waals surface area contributed by atoms with Crippen molar-refractivity contribution in [1.29, 1.82) is 0 Å². The van der Waals surface area contributed by atoms with E-state index in [-0.39, 0.29) is 5.60 Å². The molecule has 20 heavy (non-hydrogen) atoms. The highest BCUT2D eigenvalue weighted by atomic mass is 32.1. The average molecular weight is 293 g/mol. The maximum absolute atomic E-state index is 5.83. The first kappa shape index (κ1) is 15.2. The maximum atomic E-state index is 5.83. The lowest BCUT2D eigenvalue weighted by Gasteiger charge is -2.26. The molecule has 1 aliphatic rings. The molecule has 0 aliphatic heterocycles. The van der Waals surface area contributed by atoms with Gasteiger partial charge in [-0.3, -0.25) is 0 Å². The number of nitrogens with one attached hydrogen (secondary N) is 1. The summed E-state index contributed by atoms with van der Waals surface area (Å²) in [5.41, 5.74) is 8.87. The molecule has 0 amide bonds. The zero-order valence-electron chi connectivity index (χ0n) is 12.5. The molecule has 1 aromatic heterocycles. The van der Waals surface area contributed by atoms with Gasteiger partial charge in [0.25, 0.3) is 0 Å². The van der Waals surface area contributed by atoms with Gasteiger partial charge in [0.05, 0.1) is 11.2 Å². The molecule has 2 rings (SSSR count). The molecule has 110 valence electrons. The van der Waals surface area contributed by atoms with Crippen molar-refractivity contribution in [3.63, 3.8) is 0 Å². The predicted octanol–water partition coefficient (Wildman–Crippen LogP) is 2.43. The molecule has 1 heterocycles. The summed E-state index contributed by atoms with van der Waals surface area (Å²) in [6.45, 7) is 7.46.